The number of piperidine rings is 1. The van der Waals surface area contributed by atoms with E-state index < -0.39 is 23.2 Å². The van der Waals surface area contributed by atoms with Gasteiger partial charge >= 0.3 is 6.09 Å². The maximum atomic E-state index is 12.8. The zero-order valence-corrected chi connectivity index (χ0v) is 23.5. The second-order valence-electron chi connectivity index (χ2n) is 12.6. The van der Waals surface area contributed by atoms with Gasteiger partial charge in [0.15, 0.2) is 12.0 Å². The van der Waals surface area contributed by atoms with Gasteiger partial charge in [-0.3, -0.25) is 4.90 Å². The summed E-state index contributed by atoms with van der Waals surface area (Å²) in [7, 11) is 0. The molecule has 0 aromatic carbocycles. The van der Waals surface area contributed by atoms with Crippen molar-refractivity contribution in [3.8, 4) is 0 Å². The number of carbonyl (C=O) groups excluding carboxylic acids is 1. The Morgan fingerprint density at radius 1 is 1.18 bits per heavy atom. The lowest BCUT2D eigenvalue weighted by Gasteiger charge is -2.48. The molecule has 0 aliphatic carbocycles. The van der Waals surface area contributed by atoms with E-state index >= 15 is 0 Å². The summed E-state index contributed by atoms with van der Waals surface area (Å²) in [4.78, 5) is 25.5. The highest BCUT2D eigenvalue weighted by Gasteiger charge is 2.56. The number of aromatic nitrogens is 3. The molecule has 12 heteroatoms. The Hall–Kier alpha value is -2.51. The van der Waals surface area contributed by atoms with Crippen LogP contribution < -0.4 is 5.73 Å². The van der Waals surface area contributed by atoms with Crippen molar-refractivity contribution in [3.05, 3.63) is 18.6 Å². The highest BCUT2D eigenvalue weighted by molar-refractivity contribution is 5.86. The van der Waals surface area contributed by atoms with E-state index in [2.05, 4.69) is 14.9 Å². The molecule has 4 saturated heterocycles. The van der Waals surface area contributed by atoms with Crippen LogP contribution in [0.1, 0.15) is 53.7 Å². The fourth-order valence-electron chi connectivity index (χ4n) is 6.40. The maximum Gasteiger partial charge on any atom is 0.410 e. The number of ether oxygens (including phenoxy) is 5. The van der Waals surface area contributed by atoms with E-state index in [1.165, 1.54) is 6.33 Å². The Kier molecular flexibility index (Phi) is 6.54. The van der Waals surface area contributed by atoms with E-state index in [0.717, 1.165) is 24.8 Å². The first-order chi connectivity index (χ1) is 18.4. The number of nitrogens with zero attached hydrogens (tertiary/aromatic N) is 5. The van der Waals surface area contributed by atoms with Crippen molar-refractivity contribution >= 4 is 22.9 Å². The first-order valence-corrected chi connectivity index (χ1v) is 13.8. The number of fused-ring (bicyclic) bond motifs is 2. The number of likely N-dealkylation sites (tertiary alicyclic amines) is 1. The second kappa shape index (κ2) is 9.55. The molecule has 5 atom stereocenters. The third kappa shape index (κ3) is 5.20. The first kappa shape index (κ1) is 26.7. The number of anilines is 1. The number of carbonyl (C=O) groups is 1. The molecule has 0 radical (unpaired) electrons. The number of morpholine rings is 1. The van der Waals surface area contributed by atoms with E-state index in [9.17, 15) is 4.79 Å². The van der Waals surface area contributed by atoms with Gasteiger partial charge in [-0.25, -0.2) is 14.8 Å². The van der Waals surface area contributed by atoms with Crippen molar-refractivity contribution in [1.82, 2.24) is 24.3 Å². The number of hydrogen-bond donors (Lipinski definition) is 1. The van der Waals surface area contributed by atoms with Gasteiger partial charge in [-0.15, -0.1) is 0 Å². The smallest absolute Gasteiger partial charge is 0.410 e. The minimum atomic E-state index is -0.726. The van der Waals surface area contributed by atoms with Crippen molar-refractivity contribution in [2.24, 2.45) is 0 Å². The molecule has 1 unspecified atom stereocenters. The Morgan fingerprint density at radius 2 is 1.97 bits per heavy atom. The molecule has 4 fully saturated rings. The van der Waals surface area contributed by atoms with Gasteiger partial charge < -0.3 is 38.9 Å². The minimum absolute atomic E-state index is 0.223. The normalized spacial score (nSPS) is 33.1. The monoisotopic (exact) mass is 544 g/mol. The summed E-state index contributed by atoms with van der Waals surface area (Å²) in [5, 5.41) is 0.779. The van der Waals surface area contributed by atoms with Crippen molar-refractivity contribution in [1.29, 1.82) is 0 Å². The third-order valence-corrected chi connectivity index (χ3v) is 7.90. The Bertz CT molecular complexity index is 1230. The summed E-state index contributed by atoms with van der Waals surface area (Å²) in [6.45, 7) is 13.4. The van der Waals surface area contributed by atoms with E-state index in [1.54, 1.807) is 4.90 Å². The molecule has 2 aromatic rings. The van der Waals surface area contributed by atoms with Crippen LogP contribution in [0.2, 0.25) is 0 Å². The van der Waals surface area contributed by atoms with Crippen LogP contribution in [0.5, 0.6) is 0 Å². The summed E-state index contributed by atoms with van der Waals surface area (Å²) in [5.41, 5.74) is 5.82. The van der Waals surface area contributed by atoms with Gasteiger partial charge in [0.2, 0.25) is 0 Å². The van der Waals surface area contributed by atoms with Crippen molar-refractivity contribution < 1.29 is 28.5 Å². The summed E-state index contributed by atoms with van der Waals surface area (Å²) in [6.07, 6.45) is 3.78. The average molecular weight is 545 g/mol. The van der Waals surface area contributed by atoms with Crippen LogP contribution in [-0.4, -0.2) is 105 Å². The van der Waals surface area contributed by atoms with Crippen LogP contribution in [0, 0.1) is 0 Å². The molecule has 0 saturated carbocycles. The lowest BCUT2D eigenvalue weighted by molar-refractivity contribution is -0.200. The van der Waals surface area contributed by atoms with Crippen LogP contribution in [0.4, 0.5) is 10.6 Å². The quantitative estimate of drug-likeness (QED) is 0.616. The van der Waals surface area contributed by atoms with Gasteiger partial charge in [0.25, 0.3) is 0 Å². The van der Waals surface area contributed by atoms with Gasteiger partial charge in [-0.1, -0.05) is 0 Å². The molecule has 214 valence electrons. The zero-order chi connectivity index (χ0) is 27.6. The Labute approximate surface area is 228 Å². The van der Waals surface area contributed by atoms with Gasteiger partial charge in [0.1, 0.15) is 41.7 Å². The van der Waals surface area contributed by atoms with E-state index in [4.69, 9.17) is 29.4 Å². The SMILES string of the molecule is CC(C)(C)OC(=O)N1CCOC2(CCCN(C[C@H]3O[C@@H](n4ccc5c(N)ncnc54)[C@@H]4OC(C)(C)O[C@@H]43)C2)C1. The third-order valence-electron chi connectivity index (χ3n) is 7.90. The zero-order valence-electron chi connectivity index (χ0n) is 23.5. The van der Waals surface area contributed by atoms with Gasteiger partial charge in [0, 0.05) is 25.8 Å². The number of nitrogen functional groups attached to an aromatic ring is 1. The Morgan fingerprint density at radius 3 is 2.77 bits per heavy atom. The summed E-state index contributed by atoms with van der Waals surface area (Å²) < 4.78 is 33.4. The molecule has 4 aliphatic rings. The van der Waals surface area contributed by atoms with Crippen molar-refractivity contribution in [3.63, 3.8) is 0 Å². The second-order valence-corrected chi connectivity index (χ2v) is 12.6. The molecule has 1 spiro atoms. The first-order valence-electron chi connectivity index (χ1n) is 13.8. The summed E-state index contributed by atoms with van der Waals surface area (Å²) >= 11 is 0. The fraction of sp³-hybridized carbons (Fsp3) is 0.741. The van der Waals surface area contributed by atoms with Gasteiger partial charge in [0.05, 0.1) is 24.1 Å². The van der Waals surface area contributed by atoms with Gasteiger partial charge in [-0.05, 0) is 60.1 Å². The molecule has 12 nitrogen and oxygen atoms in total. The minimum Gasteiger partial charge on any atom is -0.444 e. The summed E-state index contributed by atoms with van der Waals surface area (Å²) in [6, 6.07) is 1.91. The van der Waals surface area contributed by atoms with Crippen LogP contribution in [0.25, 0.3) is 11.0 Å². The molecule has 1 amide bonds. The lowest BCUT2D eigenvalue weighted by atomic mass is 9.90. The predicted molar refractivity (Wildman–Crippen MR) is 142 cm³/mol. The number of nitrogens with two attached hydrogens (primary N) is 1. The molecule has 6 heterocycles. The average Bonchev–Trinajstić information content (AvgIpc) is 3.50. The van der Waals surface area contributed by atoms with E-state index in [1.807, 2.05) is 51.4 Å². The van der Waals surface area contributed by atoms with E-state index in [0.29, 0.717) is 44.3 Å². The Balaban J connectivity index is 1.18. The number of rotatable bonds is 3. The van der Waals surface area contributed by atoms with E-state index in [-0.39, 0.29) is 24.4 Å². The van der Waals surface area contributed by atoms with Crippen LogP contribution in [0.15, 0.2) is 18.6 Å². The van der Waals surface area contributed by atoms with Crippen LogP contribution >= 0.6 is 0 Å². The highest BCUT2D eigenvalue weighted by Crippen LogP contribution is 2.44. The highest BCUT2D eigenvalue weighted by atomic mass is 16.8. The number of amides is 1. The molecule has 2 aromatic heterocycles. The number of hydrogen-bond acceptors (Lipinski definition) is 10. The topological polar surface area (TPSA) is 126 Å². The predicted octanol–water partition coefficient (Wildman–Crippen LogP) is 2.53. The molecule has 39 heavy (non-hydrogen) atoms. The lowest BCUT2D eigenvalue weighted by Crippen LogP contribution is -2.61. The standard InChI is InChI=1S/C27H40N6O6/c1-25(2,3)39-24(34)32-11-12-35-27(15-32)8-6-9-31(14-27)13-18-19-20(38-26(4,5)37-19)23(36-18)33-10-7-17-21(28)29-16-30-22(17)33/h7,10,16,18-20,23H,6,8-9,11-15H2,1-5H3,(H2,28,29,30)/t18-,19-,20-,23-,27?/m1/s1. The molecule has 4 aliphatic heterocycles. The summed E-state index contributed by atoms with van der Waals surface area (Å²) in [5.74, 6) is -0.295. The van der Waals surface area contributed by atoms with Crippen molar-refractivity contribution in [2.75, 3.05) is 45.1 Å². The fourth-order valence-corrected chi connectivity index (χ4v) is 6.40. The molecule has 2 N–H and O–H groups in total. The molecule has 6 rings (SSSR count). The molecular formula is C27H40N6O6. The van der Waals surface area contributed by atoms with Crippen molar-refractivity contribution in [2.45, 2.75) is 89.0 Å². The molecule has 0 bridgehead atoms. The van der Waals surface area contributed by atoms with Crippen LogP contribution in [0.3, 0.4) is 0 Å². The van der Waals surface area contributed by atoms with Gasteiger partial charge in [-0.2, -0.15) is 0 Å². The largest absolute Gasteiger partial charge is 0.444 e. The molecular weight excluding hydrogens is 504 g/mol. The maximum absolute atomic E-state index is 12.8. The van der Waals surface area contributed by atoms with Crippen LogP contribution in [-0.2, 0) is 23.7 Å².